The van der Waals surface area contributed by atoms with E-state index in [0.29, 0.717) is 0 Å². The van der Waals surface area contributed by atoms with E-state index in [2.05, 4.69) is 52.7 Å². The monoisotopic (exact) mass is 361 g/mol. The number of hydrogen-bond acceptors (Lipinski definition) is 5. The lowest BCUT2D eigenvalue weighted by atomic mass is 9.99. The number of thiophene rings is 1. The number of fused-ring (bicyclic) bond motifs is 1. The summed E-state index contributed by atoms with van der Waals surface area (Å²) < 4.78 is 5.23. The SMILES string of the molecule is COc1ccc(Nc2ncnc3scc(-c4ccc(C)cc4C)c23)cc1. The van der Waals surface area contributed by atoms with Crippen molar-refractivity contribution in [2.75, 3.05) is 12.4 Å². The highest BCUT2D eigenvalue weighted by Crippen LogP contribution is 2.38. The van der Waals surface area contributed by atoms with Gasteiger partial charge in [-0.1, -0.05) is 23.8 Å². The molecule has 26 heavy (non-hydrogen) atoms. The molecule has 0 saturated carbocycles. The number of hydrogen-bond donors (Lipinski definition) is 1. The summed E-state index contributed by atoms with van der Waals surface area (Å²) in [5.74, 6) is 1.64. The van der Waals surface area contributed by atoms with E-state index in [-0.39, 0.29) is 0 Å². The van der Waals surface area contributed by atoms with Crippen LogP contribution in [0, 0.1) is 13.8 Å². The first-order valence-corrected chi connectivity index (χ1v) is 9.24. The van der Waals surface area contributed by atoms with Crippen molar-refractivity contribution in [3.8, 4) is 16.9 Å². The quantitative estimate of drug-likeness (QED) is 0.504. The van der Waals surface area contributed by atoms with Crippen LogP contribution in [0.3, 0.4) is 0 Å². The van der Waals surface area contributed by atoms with Gasteiger partial charge in [0.05, 0.1) is 12.5 Å². The smallest absolute Gasteiger partial charge is 0.143 e. The molecule has 4 aromatic rings. The van der Waals surface area contributed by atoms with E-state index < -0.39 is 0 Å². The molecule has 0 saturated heterocycles. The second-order valence-electron chi connectivity index (χ2n) is 6.22. The summed E-state index contributed by atoms with van der Waals surface area (Å²) in [6.07, 6.45) is 1.61. The Labute approximate surface area is 156 Å². The van der Waals surface area contributed by atoms with Gasteiger partial charge in [0.2, 0.25) is 0 Å². The minimum Gasteiger partial charge on any atom is -0.497 e. The Bertz CT molecular complexity index is 1070. The molecule has 130 valence electrons. The van der Waals surface area contributed by atoms with Gasteiger partial charge >= 0.3 is 0 Å². The Morgan fingerprint density at radius 2 is 1.77 bits per heavy atom. The molecule has 0 amide bonds. The van der Waals surface area contributed by atoms with Crippen LogP contribution in [-0.2, 0) is 0 Å². The summed E-state index contributed by atoms with van der Waals surface area (Å²) in [6, 6.07) is 14.4. The third-order valence-electron chi connectivity index (χ3n) is 4.40. The largest absolute Gasteiger partial charge is 0.497 e. The summed E-state index contributed by atoms with van der Waals surface area (Å²) >= 11 is 1.64. The van der Waals surface area contributed by atoms with Gasteiger partial charge in [-0.15, -0.1) is 11.3 Å². The van der Waals surface area contributed by atoms with E-state index >= 15 is 0 Å². The van der Waals surface area contributed by atoms with Crippen LogP contribution in [0.1, 0.15) is 11.1 Å². The molecule has 2 heterocycles. The second-order valence-corrected chi connectivity index (χ2v) is 7.08. The molecule has 0 fully saturated rings. The molecule has 1 N–H and O–H groups in total. The highest BCUT2D eigenvalue weighted by molar-refractivity contribution is 7.17. The zero-order valence-electron chi connectivity index (χ0n) is 14.9. The van der Waals surface area contributed by atoms with E-state index in [4.69, 9.17) is 4.74 Å². The fourth-order valence-electron chi connectivity index (χ4n) is 3.10. The number of nitrogens with zero attached hydrogens (tertiary/aromatic N) is 2. The normalized spacial score (nSPS) is 10.9. The van der Waals surface area contributed by atoms with Gasteiger partial charge < -0.3 is 10.1 Å². The van der Waals surface area contributed by atoms with Crippen LogP contribution in [0.2, 0.25) is 0 Å². The van der Waals surface area contributed by atoms with Crippen molar-refractivity contribution < 1.29 is 4.74 Å². The number of anilines is 2. The summed E-state index contributed by atoms with van der Waals surface area (Å²) in [7, 11) is 1.66. The molecule has 0 atom stereocenters. The third kappa shape index (κ3) is 3.02. The molecule has 0 spiro atoms. The number of rotatable bonds is 4. The summed E-state index contributed by atoms with van der Waals surface area (Å²) in [4.78, 5) is 9.93. The summed E-state index contributed by atoms with van der Waals surface area (Å²) in [5.41, 5.74) is 5.86. The Morgan fingerprint density at radius 1 is 0.962 bits per heavy atom. The molecule has 2 aromatic carbocycles. The molecule has 5 heteroatoms. The first-order chi connectivity index (χ1) is 12.7. The van der Waals surface area contributed by atoms with Crippen molar-refractivity contribution in [2.24, 2.45) is 0 Å². The lowest BCUT2D eigenvalue weighted by Gasteiger charge is -2.10. The molecule has 4 rings (SSSR count). The Morgan fingerprint density at radius 3 is 2.50 bits per heavy atom. The van der Waals surface area contributed by atoms with Crippen LogP contribution >= 0.6 is 11.3 Å². The van der Waals surface area contributed by atoms with Crippen LogP contribution < -0.4 is 10.1 Å². The predicted octanol–water partition coefficient (Wildman–Crippen LogP) is 5.73. The summed E-state index contributed by atoms with van der Waals surface area (Å²) in [6.45, 7) is 4.26. The zero-order valence-corrected chi connectivity index (χ0v) is 15.7. The number of aromatic nitrogens is 2. The van der Waals surface area contributed by atoms with Crippen molar-refractivity contribution >= 4 is 33.1 Å². The molecule has 2 aromatic heterocycles. The average molecular weight is 361 g/mol. The molecular formula is C21H19N3OS. The van der Waals surface area contributed by atoms with E-state index in [0.717, 1.165) is 27.5 Å². The maximum atomic E-state index is 5.23. The fourth-order valence-corrected chi connectivity index (χ4v) is 4.00. The summed E-state index contributed by atoms with van der Waals surface area (Å²) in [5, 5.41) is 6.64. The minimum atomic E-state index is 0.816. The maximum absolute atomic E-state index is 5.23. The van der Waals surface area contributed by atoms with Gasteiger partial charge in [-0.05, 0) is 49.2 Å². The Kier molecular flexibility index (Phi) is 4.31. The van der Waals surface area contributed by atoms with E-state index in [1.807, 2.05) is 24.3 Å². The van der Waals surface area contributed by atoms with Crippen molar-refractivity contribution in [3.05, 3.63) is 65.3 Å². The van der Waals surface area contributed by atoms with Crippen LogP contribution in [0.15, 0.2) is 54.2 Å². The van der Waals surface area contributed by atoms with E-state index in [1.165, 1.54) is 22.3 Å². The molecule has 0 aliphatic carbocycles. The Hall–Kier alpha value is -2.92. The van der Waals surface area contributed by atoms with Crippen molar-refractivity contribution in [1.82, 2.24) is 9.97 Å². The predicted molar refractivity (Wildman–Crippen MR) is 109 cm³/mol. The molecule has 4 nitrogen and oxygen atoms in total. The second kappa shape index (κ2) is 6.77. The van der Waals surface area contributed by atoms with Gasteiger partial charge in [0, 0.05) is 16.6 Å². The zero-order chi connectivity index (χ0) is 18.1. The van der Waals surface area contributed by atoms with Crippen molar-refractivity contribution in [2.45, 2.75) is 13.8 Å². The van der Waals surface area contributed by atoms with Crippen molar-refractivity contribution in [1.29, 1.82) is 0 Å². The first kappa shape index (κ1) is 16.5. The topological polar surface area (TPSA) is 47.0 Å². The molecule has 0 bridgehead atoms. The third-order valence-corrected chi connectivity index (χ3v) is 5.28. The van der Waals surface area contributed by atoms with E-state index in [1.54, 1.807) is 24.8 Å². The van der Waals surface area contributed by atoms with Crippen LogP contribution in [-0.4, -0.2) is 17.1 Å². The van der Waals surface area contributed by atoms with Gasteiger partial charge in [-0.3, -0.25) is 0 Å². The molecule has 0 radical (unpaired) electrons. The van der Waals surface area contributed by atoms with Crippen molar-refractivity contribution in [3.63, 3.8) is 0 Å². The van der Waals surface area contributed by atoms with Crippen LogP contribution in [0.25, 0.3) is 21.3 Å². The number of methoxy groups -OCH3 is 1. The minimum absolute atomic E-state index is 0.816. The average Bonchev–Trinajstić information content (AvgIpc) is 3.07. The number of nitrogens with one attached hydrogen (secondary N) is 1. The number of benzene rings is 2. The van der Waals surface area contributed by atoms with Gasteiger partial charge in [0.1, 0.15) is 22.7 Å². The van der Waals surface area contributed by atoms with E-state index in [9.17, 15) is 0 Å². The van der Waals surface area contributed by atoms with Crippen LogP contribution in [0.4, 0.5) is 11.5 Å². The highest BCUT2D eigenvalue weighted by Gasteiger charge is 2.14. The van der Waals surface area contributed by atoms with Gasteiger partial charge in [-0.25, -0.2) is 9.97 Å². The van der Waals surface area contributed by atoms with Gasteiger partial charge in [0.25, 0.3) is 0 Å². The maximum Gasteiger partial charge on any atom is 0.143 e. The fraction of sp³-hybridized carbons (Fsp3) is 0.143. The lowest BCUT2D eigenvalue weighted by molar-refractivity contribution is 0.415. The van der Waals surface area contributed by atoms with Gasteiger partial charge in [0.15, 0.2) is 0 Å². The molecule has 0 aliphatic rings. The first-order valence-electron chi connectivity index (χ1n) is 8.36. The van der Waals surface area contributed by atoms with Crippen LogP contribution in [0.5, 0.6) is 5.75 Å². The lowest BCUT2D eigenvalue weighted by Crippen LogP contribution is -1.96. The van der Waals surface area contributed by atoms with Gasteiger partial charge in [-0.2, -0.15) is 0 Å². The Balaban J connectivity index is 1.81. The number of aryl methyl sites for hydroxylation is 2. The molecule has 0 unspecified atom stereocenters. The number of ether oxygens (including phenoxy) is 1. The molecule has 0 aliphatic heterocycles. The highest BCUT2D eigenvalue weighted by atomic mass is 32.1. The molecular weight excluding hydrogens is 342 g/mol. The standard InChI is InChI=1S/C21H19N3OS/c1-13-4-9-17(14(2)10-13)18-11-26-21-19(18)20(22-12-23-21)24-15-5-7-16(25-3)8-6-15/h4-12H,1-3H3,(H,22,23,24).